The van der Waals surface area contributed by atoms with Crippen molar-refractivity contribution in [3.8, 4) is 0 Å². The minimum atomic E-state index is 0.230. The maximum atomic E-state index is 11.9. The standard InChI is InChI=1S/C14H28N2O/c1-3-5-8-13(4-2)14(17)15-9-12-16-10-6-7-11-16/h13H,3-12H2,1-2H3,(H,15,17). The zero-order valence-electron chi connectivity index (χ0n) is 11.5. The molecule has 1 saturated heterocycles. The van der Waals surface area contributed by atoms with Crippen LogP contribution < -0.4 is 5.32 Å². The Balaban J connectivity index is 2.12. The maximum absolute atomic E-state index is 11.9. The molecule has 0 saturated carbocycles. The van der Waals surface area contributed by atoms with E-state index in [0.717, 1.165) is 32.4 Å². The average molecular weight is 240 g/mol. The zero-order chi connectivity index (χ0) is 12.5. The topological polar surface area (TPSA) is 32.3 Å². The Kier molecular flexibility index (Phi) is 7.25. The second-order valence-corrected chi connectivity index (χ2v) is 5.09. The van der Waals surface area contributed by atoms with Gasteiger partial charge in [-0.1, -0.05) is 26.7 Å². The van der Waals surface area contributed by atoms with Crippen LogP contribution in [0.25, 0.3) is 0 Å². The van der Waals surface area contributed by atoms with Gasteiger partial charge in [-0.3, -0.25) is 4.79 Å². The molecule has 1 rings (SSSR count). The highest BCUT2D eigenvalue weighted by Gasteiger charge is 2.16. The van der Waals surface area contributed by atoms with Gasteiger partial charge in [0.05, 0.1) is 0 Å². The molecule has 0 spiro atoms. The molecule has 0 aliphatic carbocycles. The zero-order valence-corrected chi connectivity index (χ0v) is 11.5. The fourth-order valence-corrected chi connectivity index (χ4v) is 2.46. The Hall–Kier alpha value is -0.570. The van der Waals surface area contributed by atoms with Gasteiger partial charge in [0.2, 0.25) is 5.91 Å². The third-order valence-corrected chi connectivity index (χ3v) is 3.70. The third kappa shape index (κ3) is 5.53. The fraction of sp³-hybridized carbons (Fsp3) is 0.929. The van der Waals surface area contributed by atoms with Crippen molar-refractivity contribution >= 4 is 5.91 Å². The minimum Gasteiger partial charge on any atom is -0.355 e. The van der Waals surface area contributed by atoms with Crippen LogP contribution in [-0.4, -0.2) is 37.0 Å². The number of likely N-dealkylation sites (tertiary alicyclic amines) is 1. The highest BCUT2D eigenvalue weighted by Crippen LogP contribution is 2.12. The molecule has 1 N–H and O–H groups in total. The molecule has 17 heavy (non-hydrogen) atoms. The first-order chi connectivity index (χ1) is 8.27. The van der Waals surface area contributed by atoms with Gasteiger partial charge in [0.15, 0.2) is 0 Å². The van der Waals surface area contributed by atoms with E-state index in [-0.39, 0.29) is 11.8 Å². The Morgan fingerprint density at radius 1 is 1.29 bits per heavy atom. The van der Waals surface area contributed by atoms with E-state index < -0.39 is 0 Å². The molecule has 1 amide bonds. The predicted molar refractivity (Wildman–Crippen MR) is 72.0 cm³/mol. The quantitative estimate of drug-likeness (QED) is 0.706. The van der Waals surface area contributed by atoms with Gasteiger partial charge >= 0.3 is 0 Å². The van der Waals surface area contributed by atoms with Crippen LogP contribution in [0.5, 0.6) is 0 Å². The first kappa shape index (κ1) is 14.5. The van der Waals surface area contributed by atoms with Gasteiger partial charge in [-0.05, 0) is 38.8 Å². The van der Waals surface area contributed by atoms with Gasteiger partial charge in [0.25, 0.3) is 0 Å². The van der Waals surface area contributed by atoms with Gasteiger partial charge in [-0.15, -0.1) is 0 Å². The van der Waals surface area contributed by atoms with Crippen LogP contribution in [0.2, 0.25) is 0 Å². The molecular weight excluding hydrogens is 212 g/mol. The number of carbonyl (C=O) groups excluding carboxylic acids is 1. The number of carbonyl (C=O) groups is 1. The molecule has 3 heteroatoms. The number of nitrogens with one attached hydrogen (secondary N) is 1. The van der Waals surface area contributed by atoms with Crippen LogP contribution in [0, 0.1) is 5.92 Å². The number of nitrogens with zero attached hydrogens (tertiary/aromatic N) is 1. The first-order valence-electron chi connectivity index (χ1n) is 7.28. The molecule has 0 aromatic rings. The molecule has 1 unspecified atom stereocenters. The number of unbranched alkanes of at least 4 members (excludes halogenated alkanes) is 1. The summed E-state index contributed by atoms with van der Waals surface area (Å²) in [7, 11) is 0. The summed E-state index contributed by atoms with van der Waals surface area (Å²) in [4.78, 5) is 14.4. The lowest BCUT2D eigenvalue weighted by atomic mass is 9.98. The van der Waals surface area contributed by atoms with E-state index in [1.807, 2.05) is 0 Å². The summed E-state index contributed by atoms with van der Waals surface area (Å²) in [6.45, 7) is 8.56. The lowest BCUT2D eigenvalue weighted by Crippen LogP contribution is -2.36. The molecule has 100 valence electrons. The van der Waals surface area contributed by atoms with E-state index in [1.165, 1.54) is 32.4 Å². The van der Waals surface area contributed by atoms with Crippen LogP contribution in [-0.2, 0) is 4.79 Å². The summed E-state index contributed by atoms with van der Waals surface area (Å²) in [5.74, 6) is 0.494. The molecule has 1 aliphatic heterocycles. The number of hydrogen-bond acceptors (Lipinski definition) is 2. The Bertz CT molecular complexity index is 212. The van der Waals surface area contributed by atoms with Crippen molar-refractivity contribution in [2.75, 3.05) is 26.2 Å². The molecule has 1 atom stereocenters. The van der Waals surface area contributed by atoms with Gasteiger partial charge < -0.3 is 10.2 Å². The molecular formula is C14H28N2O. The van der Waals surface area contributed by atoms with Crippen LogP contribution in [0.1, 0.15) is 52.4 Å². The monoisotopic (exact) mass is 240 g/mol. The average Bonchev–Trinajstić information content (AvgIpc) is 2.83. The van der Waals surface area contributed by atoms with Crippen molar-refractivity contribution in [2.24, 2.45) is 5.92 Å². The molecule has 0 aromatic carbocycles. The largest absolute Gasteiger partial charge is 0.355 e. The molecule has 0 radical (unpaired) electrons. The first-order valence-corrected chi connectivity index (χ1v) is 7.28. The minimum absolute atomic E-state index is 0.230. The molecule has 1 aliphatic rings. The van der Waals surface area contributed by atoms with E-state index in [1.54, 1.807) is 0 Å². The Labute approximate surface area is 106 Å². The van der Waals surface area contributed by atoms with E-state index in [4.69, 9.17) is 0 Å². The summed E-state index contributed by atoms with van der Waals surface area (Å²) in [6.07, 6.45) is 7.00. The summed E-state index contributed by atoms with van der Waals surface area (Å²) in [5, 5.41) is 3.09. The van der Waals surface area contributed by atoms with E-state index >= 15 is 0 Å². The molecule has 0 bridgehead atoms. The second kappa shape index (κ2) is 8.51. The lowest BCUT2D eigenvalue weighted by Gasteiger charge is -2.17. The lowest BCUT2D eigenvalue weighted by molar-refractivity contribution is -0.125. The molecule has 3 nitrogen and oxygen atoms in total. The summed E-state index contributed by atoms with van der Waals surface area (Å²) < 4.78 is 0. The smallest absolute Gasteiger partial charge is 0.223 e. The second-order valence-electron chi connectivity index (χ2n) is 5.09. The van der Waals surface area contributed by atoms with Gasteiger partial charge in [0.1, 0.15) is 0 Å². The predicted octanol–water partition coefficient (Wildman–Crippen LogP) is 2.41. The van der Waals surface area contributed by atoms with Crippen molar-refractivity contribution in [1.29, 1.82) is 0 Å². The Morgan fingerprint density at radius 2 is 2.00 bits per heavy atom. The third-order valence-electron chi connectivity index (χ3n) is 3.70. The van der Waals surface area contributed by atoms with Crippen molar-refractivity contribution in [3.05, 3.63) is 0 Å². The van der Waals surface area contributed by atoms with Crippen molar-refractivity contribution < 1.29 is 4.79 Å². The molecule has 1 heterocycles. The maximum Gasteiger partial charge on any atom is 0.223 e. The summed E-state index contributed by atoms with van der Waals surface area (Å²) >= 11 is 0. The Morgan fingerprint density at radius 3 is 2.59 bits per heavy atom. The number of hydrogen-bond donors (Lipinski definition) is 1. The normalized spacial score (nSPS) is 18.2. The van der Waals surface area contributed by atoms with Gasteiger partial charge in [0, 0.05) is 19.0 Å². The SMILES string of the molecule is CCCCC(CC)C(=O)NCCN1CCCC1. The fourth-order valence-electron chi connectivity index (χ4n) is 2.46. The number of amides is 1. The highest BCUT2D eigenvalue weighted by molar-refractivity contribution is 5.78. The van der Waals surface area contributed by atoms with Gasteiger partial charge in [-0.2, -0.15) is 0 Å². The van der Waals surface area contributed by atoms with Crippen LogP contribution in [0.15, 0.2) is 0 Å². The van der Waals surface area contributed by atoms with E-state index in [0.29, 0.717) is 0 Å². The molecule has 0 aromatic heterocycles. The van der Waals surface area contributed by atoms with Crippen LogP contribution in [0.4, 0.5) is 0 Å². The van der Waals surface area contributed by atoms with Crippen molar-refractivity contribution in [3.63, 3.8) is 0 Å². The van der Waals surface area contributed by atoms with Crippen molar-refractivity contribution in [1.82, 2.24) is 10.2 Å². The van der Waals surface area contributed by atoms with Crippen LogP contribution >= 0.6 is 0 Å². The van der Waals surface area contributed by atoms with Crippen LogP contribution in [0.3, 0.4) is 0 Å². The van der Waals surface area contributed by atoms with E-state index in [2.05, 4.69) is 24.1 Å². The summed E-state index contributed by atoms with van der Waals surface area (Å²) in [6, 6.07) is 0. The molecule has 1 fully saturated rings. The number of rotatable bonds is 8. The highest BCUT2D eigenvalue weighted by atomic mass is 16.1. The van der Waals surface area contributed by atoms with E-state index in [9.17, 15) is 4.79 Å². The van der Waals surface area contributed by atoms with Gasteiger partial charge in [-0.25, -0.2) is 0 Å². The van der Waals surface area contributed by atoms with Crippen molar-refractivity contribution in [2.45, 2.75) is 52.4 Å². The summed E-state index contributed by atoms with van der Waals surface area (Å²) in [5.41, 5.74) is 0.